The lowest BCUT2D eigenvalue weighted by atomic mass is 10.2. The summed E-state index contributed by atoms with van der Waals surface area (Å²) in [7, 11) is 0. The number of ether oxygens (including phenoxy) is 1. The van der Waals surface area contributed by atoms with Gasteiger partial charge in [0.2, 0.25) is 0 Å². The van der Waals surface area contributed by atoms with E-state index in [0.717, 1.165) is 0 Å². The lowest BCUT2D eigenvalue weighted by Gasteiger charge is -2.06. The Hall–Kier alpha value is -2.41. The Morgan fingerprint density at radius 3 is 2.83 bits per heavy atom. The molecule has 0 aliphatic rings. The number of carbonyl (C=O) groups is 1. The minimum atomic E-state index is -0.525. The van der Waals surface area contributed by atoms with Gasteiger partial charge in [-0.05, 0) is 24.3 Å². The second-order valence-corrected chi connectivity index (χ2v) is 6.05. The fourth-order valence-corrected chi connectivity index (χ4v) is 2.63. The number of aryl methyl sites for hydroxylation is 1. The molecule has 0 radical (unpaired) electrons. The van der Waals surface area contributed by atoms with Gasteiger partial charge < -0.3 is 9.15 Å². The van der Waals surface area contributed by atoms with Crippen molar-refractivity contribution in [2.75, 3.05) is 0 Å². The quantitative estimate of drug-likeness (QED) is 0.621. The lowest BCUT2D eigenvalue weighted by Crippen LogP contribution is -2.17. The molecule has 1 heterocycles. The van der Waals surface area contributed by atoms with Crippen LogP contribution in [0, 0.1) is 5.82 Å². The van der Waals surface area contributed by atoms with E-state index in [4.69, 9.17) is 9.15 Å². The molecule has 0 unspecified atom stereocenters. The first kappa shape index (κ1) is 16.4. The summed E-state index contributed by atoms with van der Waals surface area (Å²) in [6.45, 7) is -0.0174. The van der Waals surface area contributed by atoms with Gasteiger partial charge in [-0.1, -0.05) is 34.1 Å². The van der Waals surface area contributed by atoms with E-state index in [1.807, 2.05) is 0 Å². The van der Waals surface area contributed by atoms with E-state index in [1.165, 1.54) is 10.6 Å². The molecule has 0 spiro atoms. The van der Waals surface area contributed by atoms with Crippen LogP contribution >= 0.6 is 15.9 Å². The zero-order valence-corrected chi connectivity index (χ0v) is 14.1. The molecule has 24 heavy (non-hydrogen) atoms. The summed E-state index contributed by atoms with van der Waals surface area (Å²) < 4.78 is 25.8. The van der Waals surface area contributed by atoms with Gasteiger partial charge in [-0.25, -0.2) is 9.18 Å². The standard InChI is InChI=1S/C17H13BrFNO4/c18-12-6-5-11(13(19)9-12)10-23-16(21)7-8-20-14-3-1-2-4-15(14)24-17(20)22/h1-6,9H,7-8,10H2. The Bertz CT molecular complexity index is 947. The summed E-state index contributed by atoms with van der Waals surface area (Å²) in [6.07, 6.45) is -0.0123. The third-order valence-electron chi connectivity index (χ3n) is 3.52. The number of esters is 1. The molecule has 7 heteroatoms. The average Bonchev–Trinajstić information content (AvgIpc) is 2.87. The van der Waals surface area contributed by atoms with Crippen LogP contribution in [0.1, 0.15) is 12.0 Å². The van der Waals surface area contributed by atoms with Gasteiger partial charge in [0.25, 0.3) is 0 Å². The fraction of sp³-hybridized carbons (Fsp3) is 0.176. The van der Waals surface area contributed by atoms with Crippen LogP contribution in [-0.4, -0.2) is 10.5 Å². The molecule has 0 fully saturated rings. The van der Waals surface area contributed by atoms with Crippen LogP contribution in [-0.2, 0) is 22.7 Å². The number of hydrogen-bond acceptors (Lipinski definition) is 4. The van der Waals surface area contributed by atoms with Gasteiger partial charge in [0.05, 0.1) is 11.9 Å². The number of hydrogen-bond donors (Lipinski definition) is 0. The van der Waals surface area contributed by atoms with Gasteiger partial charge in [-0.15, -0.1) is 0 Å². The minimum Gasteiger partial charge on any atom is -0.461 e. The van der Waals surface area contributed by atoms with E-state index in [9.17, 15) is 14.0 Å². The molecule has 0 aliphatic carbocycles. The third kappa shape index (κ3) is 3.56. The lowest BCUT2D eigenvalue weighted by molar-refractivity contribution is -0.145. The maximum absolute atomic E-state index is 13.7. The number of para-hydroxylation sites is 2. The number of fused-ring (bicyclic) bond motifs is 1. The molecule has 2 aromatic carbocycles. The van der Waals surface area contributed by atoms with Crippen molar-refractivity contribution < 1.29 is 18.3 Å². The number of carbonyl (C=O) groups excluding carboxylic acids is 1. The van der Waals surface area contributed by atoms with Crippen molar-refractivity contribution >= 4 is 33.0 Å². The van der Waals surface area contributed by atoms with Gasteiger partial charge in [0, 0.05) is 16.6 Å². The van der Waals surface area contributed by atoms with Gasteiger partial charge in [-0.3, -0.25) is 9.36 Å². The van der Waals surface area contributed by atoms with Gasteiger partial charge in [0.15, 0.2) is 5.58 Å². The molecule has 3 rings (SSSR count). The van der Waals surface area contributed by atoms with Crippen molar-refractivity contribution in [3.8, 4) is 0 Å². The number of nitrogens with zero attached hydrogens (tertiary/aromatic N) is 1. The Morgan fingerprint density at radius 2 is 2.04 bits per heavy atom. The molecule has 0 bridgehead atoms. The van der Waals surface area contributed by atoms with Crippen molar-refractivity contribution in [2.45, 2.75) is 19.6 Å². The fourth-order valence-electron chi connectivity index (χ4n) is 2.30. The molecule has 0 saturated heterocycles. The Labute approximate surface area is 144 Å². The second-order valence-electron chi connectivity index (χ2n) is 5.13. The first-order valence-electron chi connectivity index (χ1n) is 7.22. The molecule has 0 aliphatic heterocycles. The predicted molar refractivity (Wildman–Crippen MR) is 89.0 cm³/mol. The summed E-state index contributed by atoms with van der Waals surface area (Å²) >= 11 is 3.16. The van der Waals surface area contributed by atoms with E-state index < -0.39 is 17.5 Å². The summed E-state index contributed by atoms with van der Waals surface area (Å²) in [6, 6.07) is 11.5. The normalized spacial score (nSPS) is 10.9. The van der Waals surface area contributed by atoms with E-state index in [1.54, 1.807) is 36.4 Å². The average molecular weight is 394 g/mol. The monoisotopic (exact) mass is 393 g/mol. The molecular formula is C17H13BrFNO4. The molecule has 124 valence electrons. The van der Waals surface area contributed by atoms with E-state index >= 15 is 0 Å². The van der Waals surface area contributed by atoms with Gasteiger partial charge in [-0.2, -0.15) is 0 Å². The van der Waals surface area contributed by atoms with E-state index in [2.05, 4.69) is 15.9 Å². The van der Waals surface area contributed by atoms with Crippen LogP contribution in [0.5, 0.6) is 0 Å². The number of halogens is 2. The van der Waals surface area contributed by atoms with Crippen molar-refractivity contribution in [3.63, 3.8) is 0 Å². The maximum atomic E-state index is 13.7. The smallest absolute Gasteiger partial charge is 0.419 e. The highest BCUT2D eigenvalue weighted by molar-refractivity contribution is 9.10. The van der Waals surface area contributed by atoms with Crippen LogP contribution in [0.3, 0.4) is 0 Å². The molecule has 1 aromatic heterocycles. The predicted octanol–water partition coefficient (Wildman–Crippen LogP) is 3.63. The van der Waals surface area contributed by atoms with Gasteiger partial charge in [0.1, 0.15) is 12.4 Å². The molecule has 0 N–H and O–H groups in total. The molecule has 0 saturated carbocycles. The Balaban J connectivity index is 1.61. The summed E-state index contributed by atoms with van der Waals surface area (Å²) in [4.78, 5) is 23.6. The highest BCUT2D eigenvalue weighted by Gasteiger charge is 2.12. The highest BCUT2D eigenvalue weighted by Crippen LogP contribution is 2.16. The zero-order valence-electron chi connectivity index (χ0n) is 12.5. The molecular weight excluding hydrogens is 381 g/mol. The van der Waals surface area contributed by atoms with Crippen LogP contribution < -0.4 is 5.76 Å². The summed E-state index contributed by atoms with van der Waals surface area (Å²) in [5.74, 6) is -1.49. The summed E-state index contributed by atoms with van der Waals surface area (Å²) in [5.41, 5.74) is 1.37. The molecule has 5 nitrogen and oxygen atoms in total. The first-order valence-corrected chi connectivity index (χ1v) is 8.02. The van der Waals surface area contributed by atoms with Gasteiger partial charge >= 0.3 is 11.7 Å². The second kappa shape index (κ2) is 7.00. The SMILES string of the molecule is O=C(CCn1c(=O)oc2ccccc21)OCc1ccc(Br)cc1F. The van der Waals surface area contributed by atoms with Crippen LogP contribution in [0.2, 0.25) is 0 Å². The minimum absolute atomic E-state index is 0.0123. The largest absolute Gasteiger partial charge is 0.461 e. The van der Waals surface area contributed by atoms with Crippen LogP contribution in [0.25, 0.3) is 11.1 Å². The molecule has 3 aromatic rings. The molecule has 0 amide bonds. The Kier molecular flexibility index (Phi) is 4.80. The van der Waals surface area contributed by atoms with Crippen molar-refractivity contribution in [1.29, 1.82) is 0 Å². The third-order valence-corrected chi connectivity index (χ3v) is 4.01. The number of aromatic nitrogens is 1. The number of benzene rings is 2. The van der Waals surface area contributed by atoms with E-state index in [-0.39, 0.29) is 25.1 Å². The maximum Gasteiger partial charge on any atom is 0.419 e. The van der Waals surface area contributed by atoms with E-state index in [0.29, 0.717) is 15.6 Å². The zero-order chi connectivity index (χ0) is 17.1. The van der Waals surface area contributed by atoms with Crippen LogP contribution in [0.4, 0.5) is 4.39 Å². The van der Waals surface area contributed by atoms with Crippen molar-refractivity contribution in [1.82, 2.24) is 4.57 Å². The first-order chi connectivity index (χ1) is 11.5. The highest BCUT2D eigenvalue weighted by atomic mass is 79.9. The number of oxazole rings is 1. The number of rotatable bonds is 5. The van der Waals surface area contributed by atoms with Crippen molar-refractivity contribution in [3.05, 3.63) is 68.9 Å². The molecule has 0 atom stereocenters. The topological polar surface area (TPSA) is 61.4 Å². The van der Waals surface area contributed by atoms with Crippen molar-refractivity contribution in [2.24, 2.45) is 0 Å². The Morgan fingerprint density at radius 1 is 1.25 bits per heavy atom. The summed E-state index contributed by atoms with van der Waals surface area (Å²) in [5, 5.41) is 0. The van der Waals surface area contributed by atoms with Crippen LogP contribution in [0.15, 0.2) is 56.1 Å².